The number of nitrogens with one attached hydrogen (secondary N) is 1. The Morgan fingerprint density at radius 1 is 1.33 bits per heavy atom. The lowest BCUT2D eigenvalue weighted by molar-refractivity contribution is 0.0683. The molecule has 1 fully saturated rings. The van der Waals surface area contributed by atoms with Gasteiger partial charge in [0.25, 0.3) is 0 Å². The zero-order valence-electron chi connectivity index (χ0n) is 13.5. The third-order valence-corrected chi connectivity index (χ3v) is 4.50. The fourth-order valence-electron chi connectivity index (χ4n) is 3.39. The molecule has 5 N–H and O–H groups in total. The summed E-state index contributed by atoms with van der Waals surface area (Å²) >= 11 is 0. The Labute approximate surface area is 139 Å². The SMILES string of the molecule is Nc1nc(NCCCCO)c2cc(C(=O)O)n(C3CCCC3)c2n1. The van der Waals surface area contributed by atoms with E-state index in [-0.39, 0.29) is 24.3 Å². The second-order valence-electron chi connectivity index (χ2n) is 6.17. The van der Waals surface area contributed by atoms with E-state index < -0.39 is 5.97 Å². The highest BCUT2D eigenvalue weighted by Gasteiger charge is 2.26. The van der Waals surface area contributed by atoms with Gasteiger partial charge in [-0.1, -0.05) is 12.8 Å². The van der Waals surface area contributed by atoms with E-state index in [1.807, 2.05) is 4.57 Å². The number of rotatable bonds is 7. The van der Waals surface area contributed by atoms with Crippen LogP contribution in [0.15, 0.2) is 6.07 Å². The molecular formula is C16H23N5O3. The number of aromatic carboxylic acids is 1. The Morgan fingerprint density at radius 3 is 2.75 bits per heavy atom. The van der Waals surface area contributed by atoms with Crippen LogP contribution < -0.4 is 11.1 Å². The molecule has 2 heterocycles. The molecule has 0 amide bonds. The number of nitrogens with two attached hydrogens (primary N) is 1. The smallest absolute Gasteiger partial charge is 0.352 e. The van der Waals surface area contributed by atoms with Crippen molar-refractivity contribution in [3.63, 3.8) is 0 Å². The van der Waals surface area contributed by atoms with Crippen LogP contribution >= 0.6 is 0 Å². The normalized spacial score (nSPS) is 15.2. The van der Waals surface area contributed by atoms with Gasteiger partial charge in [0.05, 0.1) is 5.39 Å². The van der Waals surface area contributed by atoms with Gasteiger partial charge in [-0.2, -0.15) is 9.97 Å². The van der Waals surface area contributed by atoms with Crippen LogP contribution in [0.5, 0.6) is 0 Å². The van der Waals surface area contributed by atoms with Crippen molar-refractivity contribution in [2.75, 3.05) is 24.2 Å². The summed E-state index contributed by atoms with van der Waals surface area (Å²) in [6, 6.07) is 1.77. The van der Waals surface area contributed by atoms with Gasteiger partial charge in [0.15, 0.2) is 0 Å². The van der Waals surface area contributed by atoms with E-state index >= 15 is 0 Å². The summed E-state index contributed by atoms with van der Waals surface area (Å²) in [6.07, 6.45) is 5.57. The molecule has 0 atom stereocenters. The molecule has 8 nitrogen and oxygen atoms in total. The highest BCUT2D eigenvalue weighted by atomic mass is 16.4. The lowest BCUT2D eigenvalue weighted by atomic mass is 10.2. The van der Waals surface area contributed by atoms with Crippen molar-refractivity contribution in [1.29, 1.82) is 0 Å². The van der Waals surface area contributed by atoms with Crippen LogP contribution in [0.4, 0.5) is 11.8 Å². The summed E-state index contributed by atoms with van der Waals surface area (Å²) in [6.45, 7) is 0.771. The minimum atomic E-state index is -0.968. The van der Waals surface area contributed by atoms with Crippen LogP contribution in [0.1, 0.15) is 55.1 Å². The van der Waals surface area contributed by atoms with Crippen molar-refractivity contribution < 1.29 is 15.0 Å². The molecule has 0 spiro atoms. The number of nitrogen functional groups attached to an aromatic ring is 1. The van der Waals surface area contributed by atoms with E-state index in [9.17, 15) is 9.90 Å². The van der Waals surface area contributed by atoms with E-state index in [0.717, 1.165) is 32.1 Å². The summed E-state index contributed by atoms with van der Waals surface area (Å²) in [5.41, 5.74) is 6.66. The standard InChI is InChI=1S/C16H23N5O3/c17-16-19-13(18-7-3-4-8-22)11-9-12(15(23)24)21(14(11)20-16)10-5-1-2-6-10/h9-10,22H,1-8H2,(H,23,24)(H3,17,18,19,20). The van der Waals surface area contributed by atoms with Gasteiger partial charge < -0.3 is 25.8 Å². The molecule has 0 saturated heterocycles. The number of aromatic nitrogens is 3. The first-order valence-corrected chi connectivity index (χ1v) is 8.38. The van der Waals surface area contributed by atoms with E-state index in [1.165, 1.54) is 0 Å². The molecule has 0 unspecified atom stereocenters. The maximum Gasteiger partial charge on any atom is 0.352 e. The number of aliphatic hydroxyl groups is 1. The quantitative estimate of drug-likeness (QED) is 0.571. The van der Waals surface area contributed by atoms with Crippen molar-refractivity contribution in [3.8, 4) is 0 Å². The number of carboxylic acid groups (broad SMARTS) is 1. The number of unbranched alkanes of at least 4 members (excludes halogenated alkanes) is 1. The predicted molar refractivity (Wildman–Crippen MR) is 91.2 cm³/mol. The highest BCUT2D eigenvalue weighted by Crippen LogP contribution is 2.36. The largest absolute Gasteiger partial charge is 0.477 e. The molecule has 0 bridgehead atoms. The van der Waals surface area contributed by atoms with Crippen LogP contribution in [0.2, 0.25) is 0 Å². The topological polar surface area (TPSA) is 126 Å². The molecule has 2 aromatic heterocycles. The lowest BCUT2D eigenvalue weighted by Crippen LogP contribution is -2.14. The lowest BCUT2D eigenvalue weighted by Gasteiger charge is -2.15. The van der Waals surface area contributed by atoms with Crippen LogP contribution in [-0.2, 0) is 0 Å². The number of hydrogen-bond donors (Lipinski definition) is 4. The van der Waals surface area contributed by atoms with Gasteiger partial charge in [-0.3, -0.25) is 0 Å². The first-order valence-electron chi connectivity index (χ1n) is 8.38. The molecule has 1 saturated carbocycles. The maximum atomic E-state index is 11.7. The number of carboxylic acids is 1. The second kappa shape index (κ2) is 7.04. The van der Waals surface area contributed by atoms with E-state index in [2.05, 4.69) is 15.3 Å². The molecule has 0 aliphatic heterocycles. The van der Waals surface area contributed by atoms with Crippen LogP contribution in [0, 0.1) is 0 Å². The van der Waals surface area contributed by atoms with E-state index in [1.54, 1.807) is 6.07 Å². The molecule has 0 aromatic carbocycles. The summed E-state index contributed by atoms with van der Waals surface area (Å²) < 4.78 is 1.81. The van der Waals surface area contributed by atoms with Crippen LogP contribution in [-0.4, -0.2) is 43.9 Å². The van der Waals surface area contributed by atoms with E-state index in [4.69, 9.17) is 10.8 Å². The Balaban J connectivity index is 2.04. The fraction of sp³-hybridized carbons (Fsp3) is 0.562. The summed E-state index contributed by atoms with van der Waals surface area (Å²) in [5, 5.41) is 22.3. The summed E-state index contributed by atoms with van der Waals surface area (Å²) in [5.74, 6) is -0.291. The zero-order chi connectivity index (χ0) is 17.1. The Bertz CT molecular complexity index is 737. The van der Waals surface area contributed by atoms with Gasteiger partial charge in [0.1, 0.15) is 17.2 Å². The summed E-state index contributed by atoms with van der Waals surface area (Å²) in [4.78, 5) is 20.2. The van der Waals surface area contributed by atoms with Gasteiger partial charge >= 0.3 is 5.97 Å². The van der Waals surface area contributed by atoms with Gasteiger partial charge in [-0.05, 0) is 31.7 Å². The highest BCUT2D eigenvalue weighted by molar-refractivity contribution is 5.98. The van der Waals surface area contributed by atoms with Gasteiger partial charge in [0, 0.05) is 19.2 Å². The minimum absolute atomic E-state index is 0.126. The maximum absolute atomic E-state index is 11.7. The monoisotopic (exact) mass is 333 g/mol. The average Bonchev–Trinajstić information content (AvgIpc) is 3.17. The Hall–Kier alpha value is -2.35. The minimum Gasteiger partial charge on any atom is -0.477 e. The molecule has 1 aliphatic carbocycles. The number of nitrogens with zero attached hydrogens (tertiary/aromatic N) is 3. The van der Waals surface area contributed by atoms with Crippen molar-refractivity contribution in [2.45, 2.75) is 44.6 Å². The van der Waals surface area contributed by atoms with Gasteiger partial charge in [-0.25, -0.2) is 4.79 Å². The first kappa shape index (κ1) is 16.5. The number of aliphatic hydroxyl groups excluding tert-OH is 1. The first-order chi connectivity index (χ1) is 11.6. The Kier molecular flexibility index (Phi) is 4.84. The summed E-state index contributed by atoms with van der Waals surface area (Å²) in [7, 11) is 0. The molecule has 2 aromatic rings. The van der Waals surface area contributed by atoms with Crippen molar-refractivity contribution in [1.82, 2.24) is 14.5 Å². The molecular weight excluding hydrogens is 310 g/mol. The molecule has 3 rings (SSSR count). The second-order valence-corrected chi connectivity index (χ2v) is 6.17. The molecule has 1 aliphatic rings. The molecule has 130 valence electrons. The fourth-order valence-corrected chi connectivity index (χ4v) is 3.39. The van der Waals surface area contributed by atoms with E-state index in [0.29, 0.717) is 29.8 Å². The van der Waals surface area contributed by atoms with Gasteiger partial charge in [0.2, 0.25) is 5.95 Å². The van der Waals surface area contributed by atoms with Crippen molar-refractivity contribution in [3.05, 3.63) is 11.8 Å². The van der Waals surface area contributed by atoms with Crippen molar-refractivity contribution >= 4 is 28.8 Å². The number of hydrogen-bond acceptors (Lipinski definition) is 6. The van der Waals surface area contributed by atoms with Crippen molar-refractivity contribution in [2.24, 2.45) is 0 Å². The number of carbonyl (C=O) groups is 1. The van der Waals surface area contributed by atoms with Gasteiger partial charge in [-0.15, -0.1) is 0 Å². The predicted octanol–water partition coefficient (Wildman–Crippen LogP) is 2.01. The zero-order valence-corrected chi connectivity index (χ0v) is 13.5. The Morgan fingerprint density at radius 2 is 2.08 bits per heavy atom. The van der Waals surface area contributed by atoms with Crippen LogP contribution in [0.25, 0.3) is 11.0 Å². The number of fused-ring (bicyclic) bond motifs is 1. The average molecular weight is 333 g/mol. The molecule has 24 heavy (non-hydrogen) atoms. The third-order valence-electron chi connectivity index (χ3n) is 4.50. The van der Waals surface area contributed by atoms with Crippen LogP contribution in [0.3, 0.4) is 0 Å². The third kappa shape index (κ3) is 3.14. The molecule has 8 heteroatoms. The number of anilines is 2. The molecule has 0 radical (unpaired) electrons.